The van der Waals surface area contributed by atoms with Crippen molar-refractivity contribution in [3.05, 3.63) is 33.3 Å². The van der Waals surface area contributed by atoms with Gasteiger partial charge in [-0.1, -0.05) is 27.5 Å². The normalized spacial score (nSPS) is 17.0. The first-order chi connectivity index (χ1) is 10.4. The molecule has 0 aromatic heterocycles. The third kappa shape index (κ3) is 4.21. The Morgan fingerprint density at radius 3 is 2.68 bits per heavy atom. The van der Waals surface area contributed by atoms with E-state index in [0.717, 1.165) is 10.0 Å². The van der Waals surface area contributed by atoms with Crippen LogP contribution in [0.15, 0.2) is 22.7 Å². The fourth-order valence-corrected chi connectivity index (χ4v) is 3.06. The van der Waals surface area contributed by atoms with Crippen molar-refractivity contribution in [2.24, 2.45) is 0 Å². The summed E-state index contributed by atoms with van der Waals surface area (Å²) in [6.45, 7) is 0.679. The summed E-state index contributed by atoms with van der Waals surface area (Å²) in [5.74, 6) is -1.29. The fraction of sp³-hybridized carbons (Fsp3) is 0.467. The largest absolute Gasteiger partial charge is 0.480 e. The maximum Gasteiger partial charge on any atom is 0.329 e. The summed E-state index contributed by atoms with van der Waals surface area (Å²) in [4.78, 5) is 23.6. The number of carbonyl (C=O) groups excluding carboxylic acids is 1. The number of hydrogen-bond donors (Lipinski definition) is 2. The number of aliphatic carboxylic acids is 1. The molecule has 0 aliphatic carbocycles. The number of amides is 1. The van der Waals surface area contributed by atoms with Crippen molar-refractivity contribution < 1.29 is 19.4 Å². The number of carboxylic acids is 1. The van der Waals surface area contributed by atoms with Gasteiger partial charge in [-0.2, -0.15) is 0 Å². The number of halogens is 2. The van der Waals surface area contributed by atoms with Crippen LogP contribution in [0.2, 0.25) is 5.02 Å². The molecule has 7 heteroatoms. The molecule has 1 aromatic carbocycles. The molecule has 0 bridgehead atoms. The summed E-state index contributed by atoms with van der Waals surface area (Å²) in [7, 11) is 0. The number of hydrogen-bond acceptors (Lipinski definition) is 3. The lowest BCUT2D eigenvalue weighted by Crippen LogP contribution is -2.57. The smallest absolute Gasteiger partial charge is 0.329 e. The third-order valence-electron chi connectivity index (χ3n) is 3.76. The molecular formula is C15H17BrClNO4. The molecule has 1 fully saturated rings. The molecule has 5 nitrogen and oxygen atoms in total. The topological polar surface area (TPSA) is 75.6 Å². The van der Waals surface area contributed by atoms with Crippen LogP contribution in [0.1, 0.15) is 24.8 Å². The van der Waals surface area contributed by atoms with Gasteiger partial charge in [0.15, 0.2) is 0 Å². The van der Waals surface area contributed by atoms with E-state index in [4.69, 9.17) is 16.3 Å². The van der Waals surface area contributed by atoms with Crippen LogP contribution in [0, 0.1) is 0 Å². The summed E-state index contributed by atoms with van der Waals surface area (Å²) >= 11 is 9.35. The van der Waals surface area contributed by atoms with E-state index in [2.05, 4.69) is 21.2 Å². The summed E-state index contributed by atoms with van der Waals surface area (Å²) in [6.07, 6.45) is 1.26. The van der Waals surface area contributed by atoms with Gasteiger partial charge in [0, 0.05) is 42.0 Å². The number of benzene rings is 1. The molecule has 0 unspecified atom stereocenters. The van der Waals surface area contributed by atoms with Crippen LogP contribution in [0.3, 0.4) is 0 Å². The maximum atomic E-state index is 12.1. The second-order valence-electron chi connectivity index (χ2n) is 5.28. The lowest BCUT2D eigenvalue weighted by Gasteiger charge is -2.33. The van der Waals surface area contributed by atoms with Gasteiger partial charge in [0.1, 0.15) is 5.54 Å². The average molecular weight is 391 g/mol. The van der Waals surface area contributed by atoms with Crippen molar-refractivity contribution in [3.63, 3.8) is 0 Å². The molecule has 0 saturated carbocycles. The Bertz CT molecular complexity index is 573. The number of carboxylic acid groups (broad SMARTS) is 1. The van der Waals surface area contributed by atoms with E-state index >= 15 is 0 Å². The predicted molar refractivity (Wildman–Crippen MR) is 86.0 cm³/mol. The maximum absolute atomic E-state index is 12.1. The SMILES string of the molecule is O=C(CCc1cc(Cl)ccc1Br)NC1(C(=O)O)CCOCC1. The number of rotatable bonds is 5. The molecule has 2 N–H and O–H groups in total. The summed E-state index contributed by atoms with van der Waals surface area (Å²) in [5, 5.41) is 12.7. The molecule has 22 heavy (non-hydrogen) atoms. The van der Waals surface area contributed by atoms with Gasteiger partial charge in [-0.05, 0) is 30.2 Å². The molecule has 120 valence electrons. The Morgan fingerprint density at radius 2 is 2.05 bits per heavy atom. The molecule has 1 amide bonds. The van der Waals surface area contributed by atoms with Gasteiger partial charge in [0.2, 0.25) is 5.91 Å². The summed E-state index contributed by atoms with van der Waals surface area (Å²) in [6, 6.07) is 5.38. The minimum absolute atomic E-state index is 0.203. The Labute approximate surface area is 142 Å². The predicted octanol–water partition coefficient (Wildman–Crippen LogP) is 2.79. The van der Waals surface area contributed by atoms with E-state index < -0.39 is 11.5 Å². The van der Waals surface area contributed by atoms with Crippen molar-refractivity contribution in [1.29, 1.82) is 0 Å². The van der Waals surface area contributed by atoms with Crippen LogP contribution in [0.4, 0.5) is 0 Å². The van der Waals surface area contributed by atoms with Crippen molar-refractivity contribution >= 4 is 39.4 Å². The van der Waals surface area contributed by atoms with Crippen molar-refractivity contribution in [2.75, 3.05) is 13.2 Å². The summed E-state index contributed by atoms with van der Waals surface area (Å²) in [5.41, 5.74) is -0.292. The molecule has 0 atom stereocenters. The molecule has 1 aliphatic heterocycles. The lowest BCUT2D eigenvalue weighted by molar-refractivity contribution is -0.152. The highest BCUT2D eigenvalue weighted by Gasteiger charge is 2.41. The minimum Gasteiger partial charge on any atom is -0.480 e. The molecule has 0 radical (unpaired) electrons. The van der Waals surface area contributed by atoms with Gasteiger partial charge in [-0.15, -0.1) is 0 Å². The Morgan fingerprint density at radius 1 is 1.36 bits per heavy atom. The van der Waals surface area contributed by atoms with E-state index in [9.17, 15) is 14.7 Å². The Kier molecular flexibility index (Phi) is 5.83. The fourth-order valence-electron chi connectivity index (χ4n) is 2.42. The highest BCUT2D eigenvalue weighted by molar-refractivity contribution is 9.10. The number of aryl methyl sites for hydroxylation is 1. The molecular weight excluding hydrogens is 374 g/mol. The highest BCUT2D eigenvalue weighted by Crippen LogP contribution is 2.24. The van der Waals surface area contributed by atoms with Crippen molar-refractivity contribution in [3.8, 4) is 0 Å². The molecule has 1 aliphatic rings. The first-order valence-corrected chi connectivity index (χ1v) is 8.16. The monoisotopic (exact) mass is 389 g/mol. The van der Waals surface area contributed by atoms with Gasteiger partial charge in [-0.25, -0.2) is 4.79 Å². The van der Waals surface area contributed by atoms with E-state index in [1.54, 1.807) is 12.1 Å². The van der Waals surface area contributed by atoms with Gasteiger partial charge in [-0.3, -0.25) is 4.79 Å². The minimum atomic E-state index is -1.21. The van der Waals surface area contributed by atoms with Crippen LogP contribution in [-0.4, -0.2) is 35.7 Å². The molecule has 0 spiro atoms. The number of ether oxygens (including phenoxy) is 1. The third-order valence-corrected chi connectivity index (χ3v) is 4.77. The van der Waals surface area contributed by atoms with E-state index in [0.29, 0.717) is 24.7 Å². The van der Waals surface area contributed by atoms with Crippen LogP contribution in [0.5, 0.6) is 0 Å². The van der Waals surface area contributed by atoms with Crippen LogP contribution < -0.4 is 5.32 Å². The standard InChI is InChI=1S/C15H17BrClNO4/c16-12-3-2-11(17)9-10(12)1-4-13(19)18-15(14(20)21)5-7-22-8-6-15/h2-3,9H,1,4-8H2,(H,18,19)(H,20,21). The van der Waals surface area contributed by atoms with Crippen molar-refractivity contribution in [1.82, 2.24) is 5.32 Å². The van der Waals surface area contributed by atoms with Crippen LogP contribution in [0.25, 0.3) is 0 Å². The number of nitrogens with one attached hydrogen (secondary N) is 1. The zero-order valence-corrected chi connectivity index (χ0v) is 14.2. The highest BCUT2D eigenvalue weighted by atomic mass is 79.9. The van der Waals surface area contributed by atoms with Crippen molar-refractivity contribution in [2.45, 2.75) is 31.2 Å². The first kappa shape index (κ1) is 17.2. The molecule has 1 saturated heterocycles. The van der Waals surface area contributed by atoms with Gasteiger partial charge in [0.05, 0.1) is 0 Å². The van der Waals surface area contributed by atoms with E-state index in [-0.39, 0.29) is 25.2 Å². The van der Waals surface area contributed by atoms with Gasteiger partial charge >= 0.3 is 5.97 Å². The Hall–Kier alpha value is -1.11. The van der Waals surface area contributed by atoms with Gasteiger partial charge < -0.3 is 15.2 Å². The molecule has 1 aromatic rings. The number of carbonyl (C=O) groups is 2. The summed E-state index contributed by atoms with van der Waals surface area (Å²) < 4.78 is 6.06. The quantitative estimate of drug-likeness (QED) is 0.810. The zero-order valence-electron chi connectivity index (χ0n) is 11.9. The average Bonchev–Trinajstić information content (AvgIpc) is 2.49. The first-order valence-electron chi connectivity index (χ1n) is 6.99. The van der Waals surface area contributed by atoms with E-state index in [1.807, 2.05) is 6.07 Å². The second kappa shape index (κ2) is 7.44. The van der Waals surface area contributed by atoms with Gasteiger partial charge in [0.25, 0.3) is 0 Å². The Balaban J connectivity index is 1.97. The van der Waals surface area contributed by atoms with E-state index in [1.165, 1.54) is 0 Å². The second-order valence-corrected chi connectivity index (χ2v) is 6.57. The van der Waals surface area contributed by atoms with Crippen LogP contribution in [-0.2, 0) is 20.7 Å². The van der Waals surface area contributed by atoms with Crippen LogP contribution >= 0.6 is 27.5 Å². The zero-order chi connectivity index (χ0) is 16.2. The molecule has 1 heterocycles. The lowest BCUT2D eigenvalue weighted by atomic mass is 9.90. The molecule has 2 rings (SSSR count).